The third-order valence-corrected chi connectivity index (χ3v) is 3.30. The van der Waals surface area contributed by atoms with Gasteiger partial charge in [-0.15, -0.1) is 0 Å². The summed E-state index contributed by atoms with van der Waals surface area (Å²) in [5, 5.41) is 18.2. The molecule has 0 aromatic heterocycles. The van der Waals surface area contributed by atoms with Crippen LogP contribution in [0.1, 0.15) is 64.7 Å². The van der Waals surface area contributed by atoms with Crippen LogP contribution in [0.3, 0.4) is 0 Å². The molecular weight excluding hydrogens is 288 g/mol. The highest BCUT2D eigenvalue weighted by atomic mass is 16.4. The van der Waals surface area contributed by atoms with Gasteiger partial charge in [-0.05, 0) is 38.5 Å². The highest BCUT2D eigenvalue weighted by Crippen LogP contribution is 2.02. The van der Waals surface area contributed by atoms with Crippen molar-refractivity contribution in [2.75, 3.05) is 0 Å². The van der Waals surface area contributed by atoms with Gasteiger partial charge in [-0.2, -0.15) is 0 Å². The van der Waals surface area contributed by atoms with Crippen molar-refractivity contribution in [3.05, 3.63) is 48.6 Å². The summed E-state index contributed by atoms with van der Waals surface area (Å²) < 4.78 is 0. The van der Waals surface area contributed by atoms with Crippen molar-refractivity contribution in [1.82, 2.24) is 0 Å². The molecule has 3 heteroatoms. The average molecular weight is 320 g/mol. The molecule has 2 N–H and O–H groups in total. The molecule has 0 aromatic rings. The Bertz CT molecular complexity index is 392. The van der Waals surface area contributed by atoms with Crippen LogP contribution < -0.4 is 0 Å². The van der Waals surface area contributed by atoms with E-state index in [0.29, 0.717) is 12.8 Å². The number of carboxylic acids is 1. The van der Waals surface area contributed by atoms with Crippen LogP contribution >= 0.6 is 0 Å². The predicted octanol–water partition coefficient (Wildman–Crippen LogP) is 5.19. The molecule has 0 aromatic carbocycles. The fourth-order valence-electron chi connectivity index (χ4n) is 1.95. The summed E-state index contributed by atoms with van der Waals surface area (Å²) in [6.45, 7) is 2.21. The number of aliphatic carboxylic acids is 1. The van der Waals surface area contributed by atoms with Crippen molar-refractivity contribution < 1.29 is 15.0 Å². The molecule has 0 aliphatic rings. The average Bonchev–Trinajstić information content (AvgIpc) is 2.52. The summed E-state index contributed by atoms with van der Waals surface area (Å²) in [5.74, 6) is -0.757. The number of aliphatic hydroxyl groups is 1. The van der Waals surface area contributed by atoms with Gasteiger partial charge in [0.1, 0.15) is 0 Å². The summed E-state index contributed by atoms with van der Waals surface area (Å²) in [7, 11) is 0. The first-order valence-electron chi connectivity index (χ1n) is 8.70. The standard InChI is InChI=1S/C20H32O3/c1-2-3-4-5-6-7-8-10-13-16-19(21)17-14-11-9-12-15-18-20(22)23/h6-7,9-11,13-14,17,19,21H,2-5,8,12,15-16,18H2,1H3,(H,22,23)/b7-6+,11-9+,13-10+,17-14+/t19-/m1/s1. The second-order valence-electron chi connectivity index (χ2n) is 5.58. The monoisotopic (exact) mass is 320 g/mol. The van der Waals surface area contributed by atoms with E-state index >= 15 is 0 Å². The molecule has 0 radical (unpaired) electrons. The minimum atomic E-state index is -0.757. The molecular formula is C20H32O3. The second-order valence-corrected chi connectivity index (χ2v) is 5.58. The highest BCUT2D eigenvalue weighted by molar-refractivity contribution is 5.66. The van der Waals surface area contributed by atoms with E-state index in [1.807, 2.05) is 24.3 Å². The minimum Gasteiger partial charge on any atom is -0.481 e. The molecule has 3 nitrogen and oxygen atoms in total. The number of hydrogen-bond donors (Lipinski definition) is 2. The Morgan fingerprint density at radius 2 is 1.70 bits per heavy atom. The zero-order chi connectivity index (χ0) is 17.2. The van der Waals surface area contributed by atoms with E-state index < -0.39 is 12.1 Å². The molecule has 0 aliphatic heterocycles. The topological polar surface area (TPSA) is 57.5 Å². The van der Waals surface area contributed by atoms with E-state index in [1.165, 1.54) is 19.3 Å². The lowest BCUT2D eigenvalue weighted by atomic mass is 10.2. The van der Waals surface area contributed by atoms with Gasteiger partial charge in [0.05, 0.1) is 6.10 Å². The summed E-state index contributed by atoms with van der Waals surface area (Å²) in [5.41, 5.74) is 0. The Hall–Kier alpha value is -1.61. The van der Waals surface area contributed by atoms with Crippen molar-refractivity contribution >= 4 is 5.97 Å². The summed E-state index contributed by atoms with van der Waals surface area (Å²) in [6.07, 6.45) is 23.5. The molecule has 0 saturated heterocycles. The van der Waals surface area contributed by atoms with Crippen molar-refractivity contribution in [3.8, 4) is 0 Å². The van der Waals surface area contributed by atoms with Crippen LogP contribution in [0.2, 0.25) is 0 Å². The molecule has 0 rings (SSSR count). The largest absolute Gasteiger partial charge is 0.481 e. The summed E-state index contributed by atoms with van der Waals surface area (Å²) >= 11 is 0. The maximum atomic E-state index is 10.3. The first kappa shape index (κ1) is 21.4. The first-order chi connectivity index (χ1) is 11.2. The van der Waals surface area contributed by atoms with Gasteiger partial charge in [-0.25, -0.2) is 0 Å². The molecule has 0 heterocycles. The maximum Gasteiger partial charge on any atom is 0.303 e. The minimum absolute atomic E-state index is 0.203. The van der Waals surface area contributed by atoms with Crippen LogP contribution in [0, 0.1) is 0 Å². The highest BCUT2D eigenvalue weighted by Gasteiger charge is 1.94. The zero-order valence-corrected chi connectivity index (χ0v) is 14.4. The van der Waals surface area contributed by atoms with Crippen LogP contribution in [0.25, 0.3) is 0 Å². The molecule has 0 bridgehead atoms. The Morgan fingerprint density at radius 3 is 2.43 bits per heavy atom. The van der Waals surface area contributed by atoms with Crippen LogP contribution in [0.4, 0.5) is 0 Å². The fraction of sp³-hybridized carbons (Fsp3) is 0.550. The van der Waals surface area contributed by atoms with Crippen molar-refractivity contribution in [1.29, 1.82) is 0 Å². The van der Waals surface area contributed by atoms with E-state index in [2.05, 4.69) is 25.2 Å². The van der Waals surface area contributed by atoms with Gasteiger partial charge in [0.2, 0.25) is 0 Å². The quantitative estimate of drug-likeness (QED) is 0.263. The van der Waals surface area contributed by atoms with Gasteiger partial charge < -0.3 is 10.2 Å². The van der Waals surface area contributed by atoms with Gasteiger partial charge >= 0.3 is 5.97 Å². The van der Waals surface area contributed by atoms with E-state index in [1.54, 1.807) is 6.08 Å². The lowest BCUT2D eigenvalue weighted by molar-refractivity contribution is -0.137. The SMILES string of the molecule is CCCCC/C=C/C/C=C/C[C@@H](O)/C=C/C=C/CCCC(=O)O. The number of aliphatic hydroxyl groups excluding tert-OH is 1. The fourth-order valence-corrected chi connectivity index (χ4v) is 1.95. The van der Waals surface area contributed by atoms with Crippen LogP contribution in [-0.4, -0.2) is 22.3 Å². The Kier molecular flexibility index (Phi) is 15.6. The first-order valence-corrected chi connectivity index (χ1v) is 8.70. The van der Waals surface area contributed by atoms with Gasteiger partial charge in [0.25, 0.3) is 0 Å². The lowest BCUT2D eigenvalue weighted by Gasteiger charge is -1.98. The van der Waals surface area contributed by atoms with Gasteiger partial charge in [0, 0.05) is 6.42 Å². The number of allylic oxidation sites excluding steroid dienone is 6. The van der Waals surface area contributed by atoms with Crippen LogP contribution in [0.15, 0.2) is 48.6 Å². The number of rotatable bonds is 14. The van der Waals surface area contributed by atoms with Gasteiger partial charge in [-0.3, -0.25) is 4.79 Å². The smallest absolute Gasteiger partial charge is 0.303 e. The molecule has 130 valence electrons. The van der Waals surface area contributed by atoms with Crippen molar-refractivity contribution in [2.45, 2.75) is 70.8 Å². The van der Waals surface area contributed by atoms with Crippen LogP contribution in [-0.2, 0) is 4.79 Å². The summed E-state index contributed by atoms with van der Waals surface area (Å²) in [4.78, 5) is 10.3. The Morgan fingerprint density at radius 1 is 0.957 bits per heavy atom. The van der Waals surface area contributed by atoms with Crippen molar-refractivity contribution in [3.63, 3.8) is 0 Å². The number of carboxylic acid groups (broad SMARTS) is 1. The Balaban J connectivity index is 3.62. The summed E-state index contributed by atoms with van der Waals surface area (Å²) in [6, 6.07) is 0. The molecule has 0 spiro atoms. The third-order valence-electron chi connectivity index (χ3n) is 3.30. The zero-order valence-electron chi connectivity index (χ0n) is 14.4. The van der Waals surface area contributed by atoms with Gasteiger partial charge in [-0.1, -0.05) is 68.4 Å². The lowest BCUT2D eigenvalue weighted by Crippen LogP contribution is -1.98. The Labute approximate surface area is 141 Å². The molecule has 23 heavy (non-hydrogen) atoms. The van der Waals surface area contributed by atoms with E-state index in [9.17, 15) is 9.90 Å². The number of hydrogen-bond acceptors (Lipinski definition) is 2. The van der Waals surface area contributed by atoms with E-state index in [-0.39, 0.29) is 6.42 Å². The predicted molar refractivity (Wildman–Crippen MR) is 97.4 cm³/mol. The normalized spacial score (nSPS) is 13.8. The second kappa shape index (κ2) is 16.8. The van der Waals surface area contributed by atoms with Gasteiger partial charge in [0.15, 0.2) is 0 Å². The third kappa shape index (κ3) is 18.3. The number of unbranched alkanes of at least 4 members (excludes halogenated alkanes) is 4. The molecule has 0 saturated carbocycles. The van der Waals surface area contributed by atoms with Crippen molar-refractivity contribution in [2.24, 2.45) is 0 Å². The number of carbonyl (C=O) groups is 1. The van der Waals surface area contributed by atoms with Crippen LogP contribution in [0.5, 0.6) is 0 Å². The molecule has 0 fully saturated rings. The molecule has 1 atom stereocenters. The molecule has 0 unspecified atom stereocenters. The molecule has 0 aliphatic carbocycles. The van der Waals surface area contributed by atoms with E-state index in [0.717, 1.165) is 19.3 Å². The molecule has 0 amide bonds. The van der Waals surface area contributed by atoms with E-state index in [4.69, 9.17) is 5.11 Å². The maximum absolute atomic E-state index is 10.3.